The van der Waals surface area contributed by atoms with Gasteiger partial charge >= 0.3 is 0 Å². The number of benzene rings is 2. The van der Waals surface area contributed by atoms with Crippen LogP contribution >= 0.6 is 0 Å². The first-order valence-corrected chi connectivity index (χ1v) is 12.9. The summed E-state index contributed by atoms with van der Waals surface area (Å²) in [5, 5.41) is 11.3. The topological polar surface area (TPSA) is 78.4 Å². The Bertz CT molecular complexity index is 1160. The van der Waals surface area contributed by atoms with E-state index in [9.17, 15) is 9.59 Å². The van der Waals surface area contributed by atoms with Crippen LogP contribution < -0.4 is 10.2 Å². The fourth-order valence-electron chi connectivity index (χ4n) is 5.00. The molecule has 7 nitrogen and oxygen atoms in total. The van der Waals surface area contributed by atoms with Crippen molar-refractivity contribution in [1.82, 2.24) is 20.4 Å². The van der Waals surface area contributed by atoms with Crippen molar-refractivity contribution in [3.8, 4) is 0 Å². The lowest BCUT2D eigenvalue weighted by atomic mass is 10.1. The summed E-state index contributed by atoms with van der Waals surface area (Å²) >= 11 is 0. The van der Waals surface area contributed by atoms with E-state index in [-0.39, 0.29) is 30.0 Å². The van der Waals surface area contributed by atoms with Gasteiger partial charge in [0.25, 0.3) is 5.91 Å². The quantitative estimate of drug-likeness (QED) is 0.528. The normalized spacial score (nSPS) is 18.4. The molecular weight excluding hydrogens is 450 g/mol. The van der Waals surface area contributed by atoms with Gasteiger partial charge in [-0.05, 0) is 74.2 Å². The van der Waals surface area contributed by atoms with Crippen molar-refractivity contribution in [2.45, 2.75) is 51.1 Å². The van der Waals surface area contributed by atoms with Crippen molar-refractivity contribution < 1.29 is 9.59 Å². The van der Waals surface area contributed by atoms with Crippen LogP contribution in [0.4, 0.5) is 5.69 Å². The van der Waals surface area contributed by atoms with Crippen molar-refractivity contribution in [2.75, 3.05) is 24.5 Å². The van der Waals surface area contributed by atoms with Crippen LogP contribution in [0.15, 0.2) is 66.7 Å². The van der Waals surface area contributed by atoms with Gasteiger partial charge in [0.15, 0.2) is 5.69 Å². The fourth-order valence-corrected chi connectivity index (χ4v) is 5.00. The van der Waals surface area contributed by atoms with Crippen molar-refractivity contribution in [3.05, 3.63) is 89.2 Å². The summed E-state index contributed by atoms with van der Waals surface area (Å²) in [7, 11) is 0. The number of nitrogens with zero attached hydrogens (tertiary/aromatic N) is 4. The smallest absolute Gasteiger partial charge is 0.272 e. The second kappa shape index (κ2) is 11.4. The van der Waals surface area contributed by atoms with Gasteiger partial charge in [-0.3, -0.25) is 14.5 Å². The monoisotopic (exact) mass is 483 g/mol. The molecule has 2 saturated heterocycles. The van der Waals surface area contributed by atoms with Crippen LogP contribution in [0.3, 0.4) is 0 Å². The molecule has 1 atom stereocenters. The Labute approximate surface area is 212 Å². The number of carbonyl (C=O) groups excluding carboxylic acids is 2. The van der Waals surface area contributed by atoms with E-state index >= 15 is 0 Å². The standard InChI is InChI=1S/C29H33N5O2/c35-28-19-25(21-34(28)26-14-10-23(11-15-26)20-33-17-5-2-6-18-33)30-29(36)27-16-13-24(31-32-27)12-9-22-7-3-1-4-8-22/h1,3-4,7-8,10-11,13-16,25H,2,5-6,9,12,17-21H2,(H,30,36). The fraction of sp³-hybridized carbons (Fsp3) is 0.379. The van der Waals surface area contributed by atoms with Gasteiger partial charge in [0.05, 0.1) is 11.7 Å². The maximum atomic E-state index is 12.7. The molecular formula is C29H33N5O2. The highest BCUT2D eigenvalue weighted by Gasteiger charge is 2.32. The summed E-state index contributed by atoms with van der Waals surface area (Å²) in [6.45, 7) is 3.74. The number of rotatable bonds is 8. The van der Waals surface area contributed by atoms with Crippen molar-refractivity contribution in [2.24, 2.45) is 0 Å². The van der Waals surface area contributed by atoms with E-state index in [1.54, 1.807) is 11.0 Å². The average Bonchev–Trinajstić information content (AvgIpc) is 3.29. The minimum absolute atomic E-state index is 0.0198. The highest BCUT2D eigenvalue weighted by molar-refractivity contribution is 5.98. The van der Waals surface area contributed by atoms with E-state index in [4.69, 9.17) is 0 Å². The number of amides is 2. The number of hydrogen-bond acceptors (Lipinski definition) is 5. The Morgan fingerprint density at radius 2 is 1.64 bits per heavy atom. The Kier molecular flexibility index (Phi) is 7.67. The SMILES string of the molecule is O=C(NC1CC(=O)N(c2ccc(CN3CCCCC3)cc2)C1)c1ccc(CCc2ccccc2)nn1. The third-order valence-electron chi connectivity index (χ3n) is 7.03. The lowest BCUT2D eigenvalue weighted by molar-refractivity contribution is -0.117. The van der Waals surface area contributed by atoms with Crippen LogP contribution in [0.1, 0.15) is 53.0 Å². The lowest BCUT2D eigenvalue weighted by Crippen LogP contribution is -2.37. The van der Waals surface area contributed by atoms with Crippen molar-refractivity contribution in [3.63, 3.8) is 0 Å². The van der Waals surface area contributed by atoms with Crippen molar-refractivity contribution in [1.29, 1.82) is 0 Å². The predicted molar refractivity (Wildman–Crippen MR) is 140 cm³/mol. The third kappa shape index (κ3) is 6.15. The van der Waals surface area contributed by atoms with Crippen LogP contribution in [-0.4, -0.2) is 52.6 Å². The minimum Gasteiger partial charge on any atom is -0.346 e. The van der Waals surface area contributed by atoms with E-state index in [0.717, 1.165) is 43.9 Å². The highest BCUT2D eigenvalue weighted by Crippen LogP contribution is 2.23. The molecule has 2 aliphatic heterocycles. The zero-order chi connectivity index (χ0) is 24.7. The molecule has 0 saturated carbocycles. The van der Waals surface area contributed by atoms with Gasteiger partial charge in [0.1, 0.15) is 0 Å². The van der Waals surface area contributed by atoms with Crippen LogP contribution in [0.2, 0.25) is 0 Å². The Morgan fingerprint density at radius 1 is 0.861 bits per heavy atom. The molecule has 5 rings (SSSR count). The van der Waals surface area contributed by atoms with E-state index in [2.05, 4.69) is 44.7 Å². The molecule has 1 unspecified atom stereocenters. The summed E-state index contributed by atoms with van der Waals surface area (Å²) in [5.41, 5.74) is 4.51. The Morgan fingerprint density at radius 3 is 2.36 bits per heavy atom. The Hall–Kier alpha value is -3.58. The average molecular weight is 484 g/mol. The Balaban J connectivity index is 1.12. The van der Waals surface area contributed by atoms with E-state index in [1.165, 1.54) is 30.4 Å². The number of nitrogens with one attached hydrogen (secondary N) is 1. The summed E-state index contributed by atoms with van der Waals surface area (Å²) in [4.78, 5) is 29.7. The first-order chi connectivity index (χ1) is 17.6. The maximum Gasteiger partial charge on any atom is 0.272 e. The second-order valence-electron chi connectivity index (χ2n) is 9.78. The molecule has 3 heterocycles. The third-order valence-corrected chi connectivity index (χ3v) is 7.03. The zero-order valence-corrected chi connectivity index (χ0v) is 20.6. The molecule has 3 aromatic rings. The highest BCUT2D eigenvalue weighted by atomic mass is 16.2. The molecule has 7 heteroatoms. The minimum atomic E-state index is -0.298. The van der Waals surface area contributed by atoms with Gasteiger partial charge in [0.2, 0.25) is 5.91 Å². The van der Waals surface area contributed by atoms with Gasteiger partial charge in [0, 0.05) is 25.2 Å². The molecule has 2 fully saturated rings. The predicted octanol–water partition coefficient (Wildman–Crippen LogP) is 3.78. The number of anilines is 1. The number of carbonyl (C=O) groups is 2. The number of likely N-dealkylation sites (tertiary alicyclic amines) is 1. The second-order valence-corrected chi connectivity index (χ2v) is 9.78. The molecule has 2 aliphatic rings. The van der Waals surface area contributed by atoms with Gasteiger partial charge in [-0.15, -0.1) is 5.10 Å². The largest absolute Gasteiger partial charge is 0.346 e. The number of aromatic nitrogens is 2. The molecule has 2 aromatic carbocycles. The van der Waals surface area contributed by atoms with Crippen molar-refractivity contribution >= 4 is 17.5 Å². The summed E-state index contributed by atoms with van der Waals surface area (Å²) in [6.07, 6.45) is 5.80. The number of aryl methyl sites for hydroxylation is 2. The number of piperidine rings is 1. The molecule has 1 N–H and O–H groups in total. The van der Waals surface area contributed by atoms with Crippen LogP contribution in [-0.2, 0) is 24.2 Å². The van der Waals surface area contributed by atoms with E-state index in [1.807, 2.05) is 36.4 Å². The van der Waals surface area contributed by atoms with Gasteiger partial charge in [-0.25, -0.2) is 0 Å². The molecule has 0 radical (unpaired) electrons. The first-order valence-electron chi connectivity index (χ1n) is 12.9. The van der Waals surface area contributed by atoms with Gasteiger partial charge < -0.3 is 10.2 Å². The molecule has 36 heavy (non-hydrogen) atoms. The molecule has 0 spiro atoms. The van der Waals surface area contributed by atoms with Crippen LogP contribution in [0, 0.1) is 0 Å². The molecule has 0 aliphatic carbocycles. The summed E-state index contributed by atoms with van der Waals surface area (Å²) in [6, 6.07) is 21.8. The van der Waals surface area contributed by atoms with Gasteiger partial charge in [-0.1, -0.05) is 48.9 Å². The van der Waals surface area contributed by atoms with E-state index in [0.29, 0.717) is 6.54 Å². The molecule has 186 valence electrons. The zero-order valence-electron chi connectivity index (χ0n) is 20.6. The van der Waals surface area contributed by atoms with Crippen LogP contribution in [0.5, 0.6) is 0 Å². The van der Waals surface area contributed by atoms with Gasteiger partial charge in [-0.2, -0.15) is 5.10 Å². The maximum absolute atomic E-state index is 12.7. The van der Waals surface area contributed by atoms with E-state index < -0.39 is 0 Å². The summed E-state index contributed by atoms with van der Waals surface area (Å²) < 4.78 is 0. The number of hydrogen-bond donors (Lipinski definition) is 1. The lowest BCUT2D eigenvalue weighted by Gasteiger charge is -2.26. The summed E-state index contributed by atoms with van der Waals surface area (Å²) in [5.74, 6) is -0.278. The van der Waals surface area contributed by atoms with Crippen LogP contribution in [0.25, 0.3) is 0 Å². The molecule has 0 bridgehead atoms. The molecule has 1 aromatic heterocycles. The first kappa shape index (κ1) is 24.1. The molecule has 2 amide bonds.